The summed E-state index contributed by atoms with van der Waals surface area (Å²) in [4.78, 5) is 10.6. The first-order chi connectivity index (χ1) is 7.72. The lowest BCUT2D eigenvalue weighted by Gasteiger charge is -2.33. The van der Waals surface area contributed by atoms with Gasteiger partial charge in [-0.15, -0.1) is 0 Å². The molecule has 1 aromatic heterocycles. The van der Waals surface area contributed by atoms with Gasteiger partial charge in [0, 0.05) is 24.1 Å². The van der Waals surface area contributed by atoms with Gasteiger partial charge in [-0.25, -0.2) is 9.97 Å². The van der Waals surface area contributed by atoms with E-state index in [1.807, 2.05) is 11.8 Å². The molecule has 0 radical (unpaired) electrons. The molecule has 0 spiro atoms. The zero-order chi connectivity index (χ0) is 11.5. The van der Waals surface area contributed by atoms with E-state index >= 15 is 0 Å². The van der Waals surface area contributed by atoms with Gasteiger partial charge < -0.3 is 10.6 Å². The average molecular weight is 303 g/mol. The van der Waals surface area contributed by atoms with Gasteiger partial charge in [-0.1, -0.05) is 6.92 Å². The Morgan fingerprint density at radius 3 is 3.19 bits per heavy atom. The van der Waals surface area contributed by atoms with Crippen LogP contribution in [0.15, 0.2) is 10.8 Å². The lowest BCUT2D eigenvalue weighted by molar-refractivity contribution is 0.717. The Morgan fingerprint density at radius 1 is 1.62 bits per heavy atom. The predicted octanol–water partition coefficient (Wildman–Crippen LogP) is 2.15. The first-order valence-electron chi connectivity index (χ1n) is 5.35. The number of hydrogen-bond acceptors (Lipinski definition) is 5. The van der Waals surface area contributed by atoms with E-state index in [2.05, 4.69) is 37.7 Å². The van der Waals surface area contributed by atoms with Crippen molar-refractivity contribution < 1.29 is 0 Å². The SMILES string of the molecule is CCC1CN(c2ncnc(N)c2Br)CCS1. The molecule has 1 saturated heterocycles. The van der Waals surface area contributed by atoms with Gasteiger partial charge in [0.2, 0.25) is 0 Å². The number of anilines is 2. The van der Waals surface area contributed by atoms with Crippen LogP contribution >= 0.6 is 27.7 Å². The molecule has 2 rings (SSSR count). The van der Waals surface area contributed by atoms with Gasteiger partial charge in [0.1, 0.15) is 22.4 Å². The number of nitrogens with zero attached hydrogens (tertiary/aromatic N) is 3. The van der Waals surface area contributed by atoms with E-state index in [0.717, 1.165) is 29.1 Å². The van der Waals surface area contributed by atoms with Gasteiger partial charge in [-0.2, -0.15) is 11.8 Å². The van der Waals surface area contributed by atoms with Crippen molar-refractivity contribution in [2.45, 2.75) is 18.6 Å². The standard InChI is InChI=1S/C10H15BrN4S/c1-2-7-5-15(3-4-16-7)10-8(11)9(12)13-6-14-10/h6-7H,2-5H2,1H3,(H2,12,13,14). The van der Waals surface area contributed by atoms with Crippen molar-refractivity contribution in [2.75, 3.05) is 29.5 Å². The second-order valence-electron chi connectivity index (χ2n) is 3.74. The molecule has 6 heteroatoms. The van der Waals surface area contributed by atoms with Gasteiger partial charge in [0.15, 0.2) is 0 Å². The summed E-state index contributed by atoms with van der Waals surface area (Å²) < 4.78 is 0.816. The molecule has 0 bridgehead atoms. The van der Waals surface area contributed by atoms with Crippen molar-refractivity contribution in [3.05, 3.63) is 10.8 Å². The van der Waals surface area contributed by atoms with E-state index in [9.17, 15) is 0 Å². The Hall–Kier alpha value is -0.490. The summed E-state index contributed by atoms with van der Waals surface area (Å²) >= 11 is 5.50. The molecule has 1 atom stereocenters. The van der Waals surface area contributed by atoms with Crippen LogP contribution in [-0.4, -0.2) is 34.1 Å². The molecule has 1 fully saturated rings. The van der Waals surface area contributed by atoms with Crippen LogP contribution in [0.1, 0.15) is 13.3 Å². The minimum absolute atomic E-state index is 0.510. The fourth-order valence-electron chi connectivity index (χ4n) is 1.75. The van der Waals surface area contributed by atoms with Crippen LogP contribution in [0.4, 0.5) is 11.6 Å². The monoisotopic (exact) mass is 302 g/mol. The molecule has 0 aliphatic carbocycles. The number of nitrogen functional groups attached to an aromatic ring is 1. The molecule has 0 aromatic carbocycles. The summed E-state index contributed by atoms with van der Waals surface area (Å²) in [6.07, 6.45) is 2.72. The maximum Gasteiger partial charge on any atom is 0.148 e. The molecule has 0 saturated carbocycles. The highest BCUT2D eigenvalue weighted by atomic mass is 79.9. The first-order valence-corrected chi connectivity index (χ1v) is 7.19. The van der Waals surface area contributed by atoms with Gasteiger partial charge in [0.05, 0.1) is 0 Å². The summed E-state index contributed by atoms with van der Waals surface area (Å²) in [5.74, 6) is 2.58. The largest absolute Gasteiger partial charge is 0.383 e. The summed E-state index contributed by atoms with van der Waals surface area (Å²) in [5, 5.41) is 0.692. The van der Waals surface area contributed by atoms with E-state index in [-0.39, 0.29) is 0 Å². The summed E-state index contributed by atoms with van der Waals surface area (Å²) in [6, 6.07) is 0. The van der Waals surface area contributed by atoms with Crippen molar-refractivity contribution in [2.24, 2.45) is 0 Å². The molecule has 88 valence electrons. The number of thioether (sulfide) groups is 1. The molecule has 0 amide bonds. The highest BCUT2D eigenvalue weighted by Gasteiger charge is 2.22. The normalized spacial score (nSPS) is 21.1. The van der Waals surface area contributed by atoms with Crippen LogP contribution in [-0.2, 0) is 0 Å². The average Bonchev–Trinajstić information content (AvgIpc) is 2.33. The zero-order valence-electron chi connectivity index (χ0n) is 9.19. The molecular weight excluding hydrogens is 288 g/mol. The molecule has 1 unspecified atom stereocenters. The second kappa shape index (κ2) is 5.23. The minimum Gasteiger partial charge on any atom is -0.383 e. The van der Waals surface area contributed by atoms with E-state index in [1.165, 1.54) is 12.7 Å². The van der Waals surface area contributed by atoms with E-state index < -0.39 is 0 Å². The maximum atomic E-state index is 5.76. The highest BCUT2D eigenvalue weighted by molar-refractivity contribution is 9.10. The Morgan fingerprint density at radius 2 is 2.44 bits per heavy atom. The lowest BCUT2D eigenvalue weighted by Crippen LogP contribution is -2.38. The van der Waals surface area contributed by atoms with Crippen LogP contribution in [0.5, 0.6) is 0 Å². The topological polar surface area (TPSA) is 55.0 Å². The van der Waals surface area contributed by atoms with Gasteiger partial charge >= 0.3 is 0 Å². The number of rotatable bonds is 2. The number of nitrogens with two attached hydrogens (primary N) is 1. The Bertz CT molecular complexity index is 374. The maximum absolute atomic E-state index is 5.76. The Balaban J connectivity index is 2.20. The summed E-state index contributed by atoms with van der Waals surface area (Å²) in [6.45, 7) is 4.29. The van der Waals surface area contributed by atoms with Crippen LogP contribution in [0, 0.1) is 0 Å². The molecule has 4 nitrogen and oxygen atoms in total. The molecule has 2 N–H and O–H groups in total. The van der Waals surface area contributed by atoms with Crippen molar-refractivity contribution >= 4 is 39.3 Å². The first kappa shape index (κ1) is 12.0. The molecule has 1 aliphatic rings. The molecule has 1 aromatic rings. The molecule has 2 heterocycles. The van der Waals surface area contributed by atoms with Gasteiger partial charge in [0.25, 0.3) is 0 Å². The third-order valence-corrected chi connectivity index (χ3v) is 4.82. The van der Waals surface area contributed by atoms with E-state index in [0.29, 0.717) is 11.1 Å². The van der Waals surface area contributed by atoms with Crippen LogP contribution in [0.3, 0.4) is 0 Å². The predicted molar refractivity (Wildman–Crippen MR) is 72.9 cm³/mol. The van der Waals surface area contributed by atoms with Crippen LogP contribution in [0.25, 0.3) is 0 Å². The van der Waals surface area contributed by atoms with E-state index in [1.54, 1.807) is 0 Å². The minimum atomic E-state index is 0.510. The smallest absolute Gasteiger partial charge is 0.148 e. The number of hydrogen-bond donors (Lipinski definition) is 1. The summed E-state index contributed by atoms with van der Waals surface area (Å²) in [7, 11) is 0. The third-order valence-electron chi connectivity index (χ3n) is 2.69. The quantitative estimate of drug-likeness (QED) is 0.907. The van der Waals surface area contributed by atoms with Crippen molar-refractivity contribution in [1.29, 1.82) is 0 Å². The Kier molecular flexibility index (Phi) is 3.91. The second-order valence-corrected chi connectivity index (χ2v) is 5.94. The van der Waals surface area contributed by atoms with Crippen LogP contribution in [0.2, 0.25) is 0 Å². The zero-order valence-corrected chi connectivity index (χ0v) is 11.6. The highest BCUT2D eigenvalue weighted by Crippen LogP contribution is 2.31. The van der Waals surface area contributed by atoms with Gasteiger partial charge in [-0.05, 0) is 22.4 Å². The fourth-order valence-corrected chi connectivity index (χ4v) is 3.39. The van der Waals surface area contributed by atoms with Crippen LogP contribution < -0.4 is 10.6 Å². The number of halogens is 1. The number of aromatic nitrogens is 2. The van der Waals surface area contributed by atoms with Crippen molar-refractivity contribution in [3.8, 4) is 0 Å². The summed E-state index contributed by atoms with van der Waals surface area (Å²) in [5.41, 5.74) is 5.76. The third kappa shape index (κ3) is 2.43. The van der Waals surface area contributed by atoms with Gasteiger partial charge in [-0.3, -0.25) is 0 Å². The Labute approximate surface area is 108 Å². The molecule has 16 heavy (non-hydrogen) atoms. The van der Waals surface area contributed by atoms with Crippen molar-refractivity contribution in [3.63, 3.8) is 0 Å². The molecule has 1 aliphatic heterocycles. The lowest BCUT2D eigenvalue weighted by atomic mass is 10.3. The fraction of sp³-hybridized carbons (Fsp3) is 0.600. The van der Waals surface area contributed by atoms with E-state index in [4.69, 9.17) is 5.73 Å². The molecular formula is C10H15BrN4S. The van der Waals surface area contributed by atoms with Crippen molar-refractivity contribution in [1.82, 2.24) is 9.97 Å².